The molecule has 3 rings (SSSR count). The third-order valence-corrected chi connectivity index (χ3v) is 5.37. The van der Waals surface area contributed by atoms with Gasteiger partial charge in [-0.05, 0) is 47.7 Å². The van der Waals surface area contributed by atoms with Crippen LogP contribution in [0.5, 0.6) is 23.0 Å². The highest BCUT2D eigenvalue weighted by atomic mass is 16.5. The molecule has 28 heavy (non-hydrogen) atoms. The summed E-state index contributed by atoms with van der Waals surface area (Å²) in [4.78, 5) is 0. The molecule has 1 aliphatic rings. The van der Waals surface area contributed by atoms with E-state index in [1.54, 1.807) is 28.4 Å². The summed E-state index contributed by atoms with van der Waals surface area (Å²) in [7, 11) is 6.41. The van der Waals surface area contributed by atoms with E-state index in [2.05, 4.69) is 12.1 Å². The summed E-state index contributed by atoms with van der Waals surface area (Å²) in [5.41, 5.74) is 2.10. The number of aliphatic hydroxyl groups excluding tert-OH is 1. The van der Waals surface area contributed by atoms with Crippen LogP contribution < -0.4 is 18.9 Å². The second-order valence-corrected chi connectivity index (χ2v) is 6.87. The summed E-state index contributed by atoms with van der Waals surface area (Å²) in [6.45, 7) is 0.626. The Labute approximate surface area is 165 Å². The Morgan fingerprint density at radius 2 is 1.57 bits per heavy atom. The predicted molar refractivity (Wildman–Crippen MR) is 106 cm³/mol. The molecule has 3 atom stereocenters. The Bertz CT molecular complexity index is 748. The van der Waals surface area contributed by atoms with Crippen molar-refractivity contribution in [1.29, 1.82) is 0 Å². The minimum Gasteiger partial charge on any atom is -0.497 e. The van der Waals surface area contributed by atoms with Crippen LogP contribution in [0.15, 0.2) is 36.4 Å². The summed E-state index contributed by atoms with van der Waals surface area (Å²) < 4.78 is 27.6. The smallest absolute Gasteiger partial charge is 0.203 e. The van der Waals surface area contributed by atoms with Crippen molar-refractivity contribution >= 4 is 0 Å². The van der Waals surface area contributed by atoms with Crippen LogP contribution >= 0.6 is 0 Å². The quantitative estimate of drug-likeness (QED) is 0.749. The van der Waals surface area contributed by atoms with Gasteiger partial charge in [-0.25, -0.2) is 0 Å². The minimum atomic E-state index is -0.234. The van der Waals surface area contributed by atoms with E-state index < -0.39 is 0 Å². The number of methoxy groups -OCH3 is 4. The number of aliphatic hydroxyl groups is 1. The molecule has 0 aromatic heterocycles. The van der Waals surface area contributed by atoms with E-state index in [1.165, 1.54) is 5.56 Å². The fourth-order valence-corrected chi connectivity index (χ4v) is 3.85. The first-order valence-corrected chi connectivity index (χ1v) is 9.30. The lowest BCUT2D eigenvalue weighted by Gasteiger charge is -2.23. The lowest BCUT2D eigenvalue weighted by molar-refractivity contribution is 0.0715. The largest absolute Gasteiger partial charge is 0.497 e. The van der Waals surface area contributed by atoms with Crippen molar-refractivity contribution < 1.29 is 28.8 Å². The minimum absolute atomic E-state index is 0.0232. The third-order valence-electron chi connectivity index (χ3n) is 5.37. The molecule has 0 spiro atoms. The van der Waals surface area contributed by atoms with Crippen LogP contribution in [0, 0.1) is 11.8 Å². The summed E-state index contributed by atoms with van der Waals surface area (Å²) in [6.07, 6.45) is 0.595. The molecule has 6 nitrogen and oxygen atoms in total. The molecule has 0 amide bonds. The predicted octanol–water partition coefficient (Wildman–Crippen LogP) is 3.26. The lowest BCUT2D eigenvalue weighted by Crippen LogP contribution is -2.21. The second kappa shape index (κ2) is 9.17. The zero-order valence-electron chi connectivity index (χ0n) is 16.8. The maximum atomic E-state index is 10.1. The van der Waals surface area contributed by atoms with Crippen molar-refractivity contribution in [1.82, 2.24) is 0 Å². The molecule has 152 valence electrons. The molecule has 0 aliphatic carbocycles. The third kappa shape index (κ3) is 4.03. The van der Waals surface area contributed by atoms with Crippen molar-refractivity contribution in [2.24, 2.45) is 11.8 Å². The zero-order chi connectivity index (χ0) is 20.1. The van der Waals surface area contributed by atoms with Gasteiger partial charge in [0, 0.05) is 12.5 Å². The van der Waals surface area contributed by atoms with Crippen LogP contribution in [0.4, 0.5) is 0 Å². The Hall–Kier alpha value is -2.44. The normalized spacial score (nSPS) is 21.4. The average molecular weight is 388 g/mol. The molecule has 2 aromatic carbocycles. The first kappa shape index (κ1) is 20.3. The molecular formula is C22H28O6. The molecule has 1 saturated heterocycles. The van der Waals surface area contributed by atoms with Crippen LogP contribution in [0.3, 0.4) is 0 Å². The number of rotatable bonds is 8. The molecule has 0 radical (unpaired) electrons. The first-order chi connectivity index (χ1) is 13.6. The van der Waals surface area contributed by atoms with Gasteiger partial charge in [-0.3, -0.25) is 0 Å². The SMILES string of the molecule is COc1ccc(C[C@H]2CO[C@H](c3cc(OC)c(OC)c(OC)c3)[C@H]2CO)cc1. The number of hydrogen-bond acceptors (Lipinski definition) is 6. The molecular weight excluding hydrogens is 360 g/mol. The van der Waals surface area contributed by atoms with Gasteiger partial charge in [-0.15, -0.1) is 0 Å². The molecule has 1 heterocycles. The van der Waals surface area contributed by atoms with E-state index in [4.69, 9.17) is 23.7 Å². The van der Waals surface area contributed by atoms with Gasteiger partial charge in [0.2, 0.25) is 5.75 Å². The van der Waals surface area contributed by atoms with Crippen molar-refractivity contribution in [3.05, 3.63) is 47.5 Å². The van der Waals surface area contributed by atoms with Crippen molar-refractivity contribution in [2.75, 3.05) is 41.7 Å². The summed E-state index contributed by atoms with van der Waals surface area (Å²) in [5.74, 6) is 2.72. The molecule has 1 fully saturated rings. The first-order valence-electron chi connectivity index (χ1n) is 9.30. The van der Waals surface area contributed by atoms with Gasteiger partial charge in [0.25, 0.3) is 0 Å². The van der Waals surface area contributed by atoms with Gasteiger partial charge in [0.1, 0.15) is 5.75 Å². The van der Waals surface area contributed by atoms with Crippen molar-refractivity contribution in [2.45, 2.75) is 12.5 Å². The van der Waals surface area contributed by atoms with Crippen molar-refractivity contribution in [3.8, 4) is 23.0 Å². The highest BCUT2D eigenvalue weighted by molar-refractivity contribution is 5.54. The van der Waals surface area contributed by atoms with Crippen LogP contribution in [0.25, 0.3) is 0 Å². The van der Waals surface area contributed by atoms with E-state index >= 15 is 0 Å². The monoisotopic (exact) mass is 388 g/mol. The van der Waals surface area contributed by atoms with Gasteiger partial charge >= 0.3 is 0 Å². The summed E-state index contributed by atoms with van der Waals surface area (Å²) >= 11 is 0. The summed E-state index contributed by atoms with van der Waals surface area (Å²) in [5, 5.41) is 10.1. The van der Waals surface area contributed by atoms with Gasteiger partial charge in [-0.1, -0.05) is 12.1 Å². The molecule has 0 bridgehead atoms. The standard InChI is InChI=1S/C22H28O6/c1-24-17-7-5-14(6-8-17)9-16-13-28-21(18(16)12-23)15-10-19(25-2)22(27-4)20(11-15)26-3/h5-8,10-11,16,18,21,23H,9,12-13H2,1-4H3/t16-,18-,21+/m0/s1. The molecule has 1 aliphatic heterocycles. The summed E-state index contributed by atoms with van der Waals surface area (Å²) in [6, 6.07) is 11.8. The molecule has 6 heteroatoms. The molecule has 0 saturated carbocycles. The van der Waals surface area contributed by atoms with E-state index in [1.807, 2.05) is 24.3 Å². The lowest BCUT2D eigenvalue weighted by atomic mass is 9.84. The fraction of sp³-hybridized carbons (Fsp3) is 0.455. The van der Waals surface area contributed by atoms with Crippen LogP contribution in [0.1, 0.15) is 17.2 Å². The zero-order valence-corrected chi connectivity index (χ0v) is 16.8. The van der Waals surface area contributed by atoms with Gasteiger partial charge in [0.05, 0.1) is 41.2 Å². The van der Waals surface area contributed by atoms with E-state index in [9.17, 15) is 5.11 Å². The average Bonchev–Trinajstić information content (AvgIpc) is 3.15. The molecule has 1 N–H and O–H groups in total. The van der Waals surface area contributed by atoms with Crippen molar-refractivity contribution in [3.63, 3.8) is 0 Å². The maximum Gasteiger partial charge on any atom is 0.203 e. The van der Waals surface area contributed by atoms with Crippen LogP contribution in [-0.4, -0.2) is 46.8 Å². The Kier molecular flexibility index (Phi) is 6.65. The number of benzene rings is 2. The van der Waals surface area contributed by atoms with Crippen LogP contribution in [0.2, 0.25) is 0 Å². The Morgan fingerprint density at radius 3 is 2.07 bits per heavy atom. The fourth-order valence-electron chi connectivity index (χ4n) is 3.85. The van der Waals surface area contributed by atoms with Gasteiger partial charge in [0.15, 0.2) is 11.5 Å². The Balaban J connectivity index is 1.83. The highest BCUT2D eigenvalue weighted by Crippen LogP contribution is 2.45. The number of hydrogen-bond donors (Lipinski definition) is 1. The van der Waals surface area contributed by atoms with Gasteiger partial charge < -0.3 is 28.8 Å². The van der Waals surface area contributed by atoms with Crippen LogP contribution in [-0.2, 0) is 11.2 Å². The maximum absolute atomic E-state index is 10.1. The highest BCUT2D eigenvalue weighted by Gasteiger charge is 2.38. The molecule has 0 unspecified atom stereocenters. The number of ether oxygens (including phenoxy) is 5. The molecule has 2 aromatic rings. The van der Waals surface area contributed by atoms with E-state index in [0.29, 0.717) is 23.9 Å². The van der Waals surface area contributed by atoms with E-state index in [-0.39, 0.29) is 24.5 Å². The van der Waals surface area contributed by atoms with Gasteiger partial charge in [-0.2, -0.15) is 0 Å². The second-order valence-electron chi connectivity index (χ2n) is 6.87. The Morgan fingerprint density at radius 1 is 0.929 bits per heavy atom. The topological polar surface area (TPSA) is 66.4 Å². The van der Waals surface area contributed by atoms with E-state index in [0.717, 1.165) is 17.7 Å².